The van der Waals surface area contributed by atoms with Gasteiger partial charge in [-0.15, -0.1) is 0 Å². The van der Waals surface area contributed by atoms with Crippen molar-refractivity contribution < 1.29 is 28.6 Å². The number of hydrogen-bond donors (Lipinski definition) is 0. The fourth-order valence-corrected chi connectivity index (χ4v) is 8.65. The van der Waals surface area contributed by atoms with E-state index in [-0.39, 0.29) is 31.1 Å². The Balaban J connectivity index is 4.28. The van der Waals surface area contributed by atoms with Crippen molar-refractivity contribution in [1.82, 2.24) is 0 Å². The molecule has 0 fully saturated rings. The number of carbonyl (C=O) groups is 3. The fraction of sp³-hybridized carbons (Fsp3) is 0.947. The van der Waals surface area contributed by atoms with Gasteiger partial charge in [-0.3, -0.25) is 14.4 Å². The topological polar surface area (TPSA) is 78.9 Å². The smallest absolute Gasteiger partial charge is 0.306 e. The Morgan fingerprint density at radius 3 is 0.683 bits per heavy atom. The van der Waals surface area contributed by atoms with Crippen LogP contribution in [0.1, 0.15) is 311 Å². The number of hydrogen-bond acceptors (Lipinski definition) is 6. The maximum atomic E-state index is 12.8. The van der Waals surface area contributed by atoms with Crippen molar-refractivity contribution in [3.63, 3.8) is 0 Å². The molecule has 0 rings (SSSR count). The van der Waals surface area contributed by atoms with Crippen LogP contribution in [0.3, 0.4) is 0 Å². The van der Waals surface area contributed by atoms with Gasteiger partial charge in [0.05, 0.1) is 0 Å². The van der Waals surface area contributed by atoms with E-state index < -0.39 is 6.10 Å². The van der Waals surface area contributed by atoms with Crippen molar-refractivity contribution in [3.05, 3.63) is 0 Å². The van der Waals surface area contributed by atoms with Crippen molar-refractivity contribution in [1.29, 1.82) is 0 Å². The highest BCUT2D eigenvalue weighted by molar-refractivity contribution is 5.71. The van der Waals surface area contributed by atoms with Crippen LogP contribution < -0.4 is 0 Å². The van der Waals surface area contributed by atoms with E-state index in [1.807, 2.05) is 0 Å². The summed E-state index contributed by atoms with van der Waals surface area (Å²) in [6, 6.07) is 0. The first kappa shape index (κ1) is 61.4. The van der Waals surface area contributed by atoms with Gasteiger partial charge in [-0.1, -0.05) is 273 Å². The van der Waals surface area contributed by atoms with Crippen LogP contribution in [-0.2, 0) is 28.6 Å². The maximum absolute atomic E-state index is 12.8. The normalized spacial score (nSPS) is 12.1. The first-order valence-electron chi connectivity index (χ1n) is 28.1. The first-order chi connectivity index (χ1) is 30.6. The van der Waals surface area contributed by atoms with Gasteiger partial charge in [0.2, 0.25) is 0 Å². The zero-order chi connectivity index (χ0) is 46.3. The molecular weight excluding hydrogens is 781 g/mol. The summed E-state index contributed by atoms with van der Waals surface area (Å²) in [5, 5.41) is 0. The number of esters is 3. The van der Waals surface area contributed by atoms with Gasteiger partial charge in [0.15, 0.2) is 6.10 Å². The molecule has 6 nitrogen and oxygen atoms in total. The molecule has 0 bridgehead atoms. The van der Waals surface area contributed by atoms with Crippen LogP contribution in [-0.4, -0.2) is 37.2 Å². The van der Waals surface area contributed by atoms with Gasteiger partial charge in [-0.2, -0.15) is 0 Å². The zero-order valence-electron chi connectivity index (χ0n) is 43.4. The molecule has 1 atom stereocenters. The highest BCUT2D eigenvalue weighted by Gasteiger charge is 2.19. The Hall–Kier alpha value is -1.59. The van der Waals surface area contributed by atoms with E-state index in [1.165, 1.54) is 193 Å². The van der Waals surface area contributed by atoms with E-state index in [9.17, 15) is 14.4 Å². The zero-order valence-corrected chi connectivity index (χ0v) is 43.4. The molecule has 0 N–H and O–H groups in total. The minimum atomic E-state index is -0.763. The standard InChI is InChI=1S/C57H110O6/c1-51(2)43-37-31-25-19-14-10-7-8-12-16-22-28-34-40-46-55(58)61-49-54(63-57(60)48-42-36-30-24-18-21-27-33-39-45-53(5)6)50-62-56(59)47-41-35-29-23-17-13-9-11-15-20-26-32-38-44-52(3)4/h51-54H,7-50H2,1-6H3/t54-/m1/s1. The van der Waals surface area contributed by atoms with Gasteiger partial charge in [-0.05, 0) is 37.0 Å². The summed E-state index contributed by atoms with van der Waals surface area (Å²) in [5.74, 6) is 1.64. The molecule has 0 aromatic carbocycles. The Morgan fingerprint density at radius 2 is 0.460 bits per heavy atom. The maximum Gasteiger partial charge on any atom is 0.306 e. The molecule has 0 aliphatic heterocycles. The molecule has 0 spiro atoms. The lowest BCUT2D eigenvalue weighted by Gasteiger charge is -2.18. The van der Waals surface area contributed by atoms with E-state index in [2.05, 4.69) is 41.5 Å². The molecule has 0 saturated carbocycles. The minimum absolute atomic E-state index is 0.0640. The molecule has 0 radical (unpaired) electrons. The number of ether oxygens (including phenoxy) is 3. The lowest BCUT2D eigenvalue weighted by Crippen LogP contribution is -2.30. The van der Waals surface area contributed by atoms with Crippen molar-refractivity contribution in [2.75, 3.05) is 13.2 Å². The molecule has 374 valence electrons. The van der Waals surface area contributed by atoms with Crippen LogP contribution in [0.15, 0.2) is 0 Å². The van der Waals surface area contributed by atoms with E-state index in [1.54, 1.807) is 0 Å². The third-order valence-corrected chi connectivity index (χ3v) is 12.9. The second-order valence-electron chi connectivity index (χ2n) is 21.0. The molecule has 63 heavy (non-hydrogen) atoms. The van der Waals surface area contributed by atoms with Gasteiger partial charge in [0.25, 0.3) is 0 Å². The van der Waals surface area contributed by atoms with Crippen LogP contribution in [0.5, 0.6) is 0 Å². The molecule has 0 aliphatic rings. The predicted molar refractivity (Wildman–Crippen MR) is 270 cm³/mol. The lowest BCUT2D eigenvalue weighted by atomic mass is 10.0. The van der Waals surface area contributed by atoms with Crippen molar-refractivity contribution >= 4 is 17.9 Å². The molecule has 0 saturated heterocycles. The van der Waals surface area contributed by atoms with Gasteiger partial charge >= 0.3 is 17.9 Å². The van der Waals surface area contributed by atoms with Gasteiger partial charge in [-0.25, -0.2) is 0 Å². The SMILES string of the molecule is CC(C)CCCCCCCCCCCCCCCCC(=O)OC[C@H](COC(=O)CCCCCCCCCCCCCCCC(C)C)OC(=O)CCCCCCCCCCCC(C)C. The Kier molecular flexibility index (Phi) is 47.1. The largest absolute Gasteiger partial charge is 0.462 e. The second kappa shape index (κ2) is 48.3. The van der Waals surface area contributed by atoms with Crippen LogP contribution >= 0.6 is 0 Å². The van der Waals surface area contributed by atoms with Gasteiger partial charge in [0, 0.05) is 19.3 Å². The molecule has 0 unspecified atom stereocenters. The van der Waals surface area contributed by atoms with Crippen LogP contribution in [0.2, 0.25) is 0 Å². The number of rotatable bonds is 50. The quantitative estimate of drug-likeness (QED) is 0.0344. The molecule has 6 heteroatoms. The number of carbonyl (C=O) groups excluding carboxylic acids is 3. The minimum Gasteiger partial charge on any atom is -0.462 e. The summed E-state index contributed by atoms with van der Waals surface area (Å²) < 4.78 is 16.9. The monoisotopic (exact) mass is 891 g/mol. The highest BCUT2D eigenvalue weighted by atomic mass is 16.6. The molecule has 0 heterocycles. The Morgan fingerprint density at radius 1 is 0.270 bits per heavy atom. The fourth-order valence-electron chi connectivity index (χ4n) is 8.65. The molecule has 0 aromatic heterocycles. The van der Waals surface area contributed by atoms with Crippen LogP contribution in [0, 0.1) is 17.8 Å². The van der Waals surface area contributed by atoms with Crippen LogP contribution in [0.4, 0.5) is 0 Å². The summed E-state index contributed by atoms with van der Waals surface area (Å²) in [5.41, 5.74) is 0. The van der Waals surface area contributed by atoms with Crippen LogP contribution in [0.25, 0.3) is 0 Å². The van der Waals surface area contributed by atoms with Crippen molar-refractivity contribution in [2.24, 2.45) is 17.8 Å². The second-order valence-corrected chi connectivity index (χ2v) is 21.0. The third-order valence-electron chi connectivity index (χ3n) is 12.9. The number of unbranched alkanes of at least 4 members (excludes halogenated alkanes) is 33. The summed E-state index contributed by atoms with van der Waals surface area (Å²) in [4.78, 5) is 38.1. The van der Waals surface area contributed by atoms with Gasteiger partial charge in [0.1, 0.15) is 13.2 Å². The third kappa shape index (κ3) is 51.3. The predicted octanol–water partition coefficient (Wildman–Crippen LogP) is 18.3. The highest BCUT2D eigenvalue weighted by Crippen LogP contribution is 2.18. The molecular formula is C57H110O6. The van der Waals surface area contributed by atoms with Crippen molar-refractivity contribution in [2.45, 2.75) is 317 Å². The summed E-state index contributed by atoms with van der Waals surface area (Å²) >= 11 is 0. The first-order valence-corrected chi connectivity index (χ1v) is 28.1. The van der Waals surface area contributed by atoms with E-state index in [0.717, 1.165) is 75.5 Å². The Labute approximate surface area is 393 Å². The molecule has 0 aromatic rings. The van der Waals surface area contributed by atoms with E-state index in [4.69, 9.17) is 14.2 Å². The lowest BCUT2D eigenvalue weighted by molar-refractivity contribution is -0.167. The molecule has 0 aliphatic carbocycles. The summed E-state index contributed by atoms with van der Waals surface area (Å²) in [7, 11) is 0. The average Bonchev–Trinajstić information content (AvgIpc) is 3.24. The summed E-state index contributed by atoms with van der Waals surface area (Å²) in [6.07, 6.45) is 49.5. The molecule has 0 amide bonds. The van der Waals surface area contributed by atoms with E-state index >= 15 is 0 Å². The van der Waals surface area contributed by atoms with Gasteiger partial charge < -0.3 is 14.2 Å². The Bertz CT molecular complexity index is 976. The summed E-state index contributed by atoms with van der Waals surface area (Å²) in [6.45, 7) is 13.7. The average molecular weight is 892 g/mol. The van der Waals surface area contributed by atoms with E-state index in [0.29, 0.717) is 19.3 Å². The van der Waals surface area contributed by atoms with Crippen molar-refractivity contribution in [3.8, 4) is 0 Å².